The van der Waals surface area contributed by atoms with Crippen molar-refractivity contribution in [3.05, 3.63) is 24.5 Å². The van der Waals surface area contributed by atoms with Gasteiger partial charge >= 0.3 is 0 Å². The van der Waals surface area contributed by atoms with Gasteiger partial charge in [-0.1, -0.05) is 13.0 Å². The Bertz CT molecular complexity index is 572. The van der Waals surface area contributed by atoms with E-state index in [2.05, 4.69) is 9.97 Å². The van der Waals surface area contributed by atoms with Crippen LogP contribution in [0.15, 0.2) is 29.4 Å². The fourth-order valence-electron chi connectivity index (χ4n) is 1.57. The summed E-state index contributed by atoms with van der Waals surface area (Å²) in [5, 5.41) is 0. The maximum atomic E-state index is 11.9. The number of nitrogens with one attached hydrogen (secondary N) is 1. The lowest BCUT2D eigenvalue weighted by molar-refractivity contribution is 0.595. The molecule has 2 rings (SSSR count). The zero-order valence-corrected chi connectivity index (χ0v) is 9.21. The van der Waals surface area contributed by atoms with Crippen LogP contribution in [0.3, 0.4) is 0 Å². The van der Waals surface area contributed by atoms with Crippen molar-refractivity contribution >= 4 is 20.9 Å². The maximum Gasteiger partial charge on any atom is 0.180 e. The smallest absolute Gasteiger partial charge is 0.180 e. The third-order valence-corrected chi connectivity index (χ3v) is 4.17. The monoisotopic (exact) mass is 224 g/mol. The SMILES string of the molecule is CCCS(=O)(=O)c1cccc2[nH]cnc12. The molecular weight excluding hydrogens is 212 g/mol. The van der Waals surface area contributed by atoms with Gasteiger partial charge in [-0.15, -0.1) is 0 Å². The van der Waals surface area contributed by atoms with Crippen molar-refractivity contribution < 1.29 is 8.42 Å². The number of H-pyrrole nitrogens is 1. The highest BCUT2D eigenvalue weighted by Crippen LogP contribution is 2.21. The Hall–Kier alpha value is -1.36. The minimum absolute atomic E-state index is 0.166. The van der Waals surface area contributed by atoms with Crippen LogP contribution >= 0.6 is 0 Å². The molecule has 2 aromatic rings. The zero-order chi connectivity index (χ0) is 10.9. The van der Waals surface area contributed by atoms with E-state index >= 15 is 0 Å². The normalized spacial score (nSPS) is 12.1. The lowest BCUT2D eigenvalue weighted by Crippen LogP contribution is -2.06. The van der Waals surface area contributed by atoms with E-state index in [1.54, 1.807) is 12.1 Å². The first-order valence-electron chi connectivity index (χ1n) is 4.80. The summed E-state index contributed by atoms with van der Waals surface area (Å²) in [6, 6.07) is 5.14. The summed E-state index contributed by atoms with van der Waals surface area (Å²) in [7, 11) is -3.19. The number of nitrogens with zero attached hydrogens (tertiary/aromatic N) is 1. The Kier molecular flexibility index (Phi) is 2.48. The molecule has 0 aliphatic rings. The number of para-hydroxylation sites is 1. The van der Waals surface area contributed by atoms with Gasteiger partial charge in [0.25, 0.3) is 0 Å². The molecule has 0 amide bonds. The highest BCUT2D eigenvalue weighted by molar-refractivity contribution is 7.91. The van der Waals surface area contributed by atoms with Gasteiger partial charge in [0.2, 0.25) is 0 Å². The van der Waals surface area contributed by atoms with Gasteiger partial charge in [-0.2, -0.15) is 0 Å². The molecule has 0 fully saturated rings. The standard InChI is InChI=1S/C10H12N2O2S/c1-2-6-15(13,14)9-5-3-4-8-10(9)12-7-11-8/h3-5,7H,2,6H2,1H3,(H,11,12). The molecule has 0 unspecified atom stereocenters. The molecule has 0 spiro atoms. The van der Waals surface area contributed by atoms with Crippen LogP contribution in [0.2, 0.25) is 0 Å². The summed E-state index contributed by atoms with van der Waals surface area (Å²) < 4.78 is 23.8. The van der Waals surface area contributed by atoms with Gasteiger partial charge in [0.05, 0.1) is 22.5 Å². The number of sulfone groups is 1. The summed E-state index contributed by atoms with van der Waals surface area (Å²) in [6.45, 7) is 1.85. The van der Waals surface area contributed by atoms with Crippen LogP contribution in [0.4, 0.5) is 0 Å². The third kappa shape index (κ3) is 1.74. The Morgan fingerprint density at radius 2 is 2.20 bits per heavy atom. The molecule has 0 aliphatic heterocycles. The second-order valence-corrected chi connectivity index (χ2v) is 5.45. The summed E-state index contributed by atoms with van der Waals surface area (Å²) in [5.74, 6) is 0.166. The molecule has 5 heteroatoms. The summed E-state index contributed by atoms with van der Waals surface area (Å²) in [6.07, 6.45) is 2.12. The minimum atomic E-state index is -3.19. The lowest BCUT2D eigenvalue weighted by atomic mass is 10.3. The number of hydrogen-bond donors (Lipinski definition) is 1. The summed E-state index contributed by atoms with van der Waals surface area (Å²) >= 11 is 0. The molecule has 0 radical (unpaired) electrons. The van der Waals surface area contributed by atoms with Crippen LogP contribution in [0.5, 0.6) is 0 Å². The molecule has 1 aromatic heterocycles. The van der Waals surface area contributed by atoms with Gasteiger partial charge in [-0.3, -0.25) is 0 Å². The van der Waals surface area contributed by atoms with E-state index < -0.39 is 9.84 Å². The average Bonchev–Trinajstić information content (AvgIpc) is 2.64. The van der Waals surface area contributed by atoms with E-state index in [0.29, 0.717) is 16.8 Å². The molecule has 15 heavy (non-hydrogen) atoms. The number of imidazole rings is 1. The molecule has 80 valence electrons. The van der Waals surface area contributed by atoms with Gasteiger partial charge in [-0.05, 0) is 18.6 Å². The molecule has 0 saturated carbocycles. The number of rotatable bonds is 3. The summed E-state index contributed by atoms with van der Waals surface area (Å²) in [5.41, 5.74) is 1.29. The number of aromatic amines is 1. The first-order chi connectivity index (χ1) is 7.15. The third-order valence-electron chi connectivity index (χ3n) is 2.22. The van der Waals surface area contributed by atoms with E-state index in [0.717, 1.165) is 5.52 Å². The second-order valence-electron chi connectivity index (χ2n) is 3.37. The van der Waals surface area contributed by atoms with Crippen molar-refractivity contribution in [1.29, 1.82) is 0 Å². The number of hydrogen-bond acceptors (Lipinski definition) is 3. The molecule has 1 heterocycles. The Labute approximate surface area is 88.3 Å². The average molecular weight is 224 g/mol. The van der Waals surface area contributed by atoms with Gasteiger partial charge in [0, 0.05) is 0 Å². The number of fused-ring (bicyclic) bond motifs is 1. The predicted octanol–water partition coefficient (Wildman–Crippen LogP) is 1.75. The van der Waals surface area contributed by atoms with Crippen LogP contribution < -0.4 is 0 Å². The van der Waals surface area contributed by atoms with Crippen LogP contribution in [0.1, 0.15) is 13.3 Å². The fourth-order valence-corrected chi connectivity index (χ4v) is 3.07. The first-order valence-corrected chi connectivity index (χ1v) is 6.45. The van der Waals surface area contributed by atoms with E-state index in [4.69, 9.17) is 0 Å². The van der Waals surface area contributed by atoms with Crippen molar-refractivity contribution in [2.24, 2.45) is 0 Å². The van der Waals surface area contributed by atoms with Crippen molar-refractivity contribution in [2.45, 2.75) is 18.2 Å². The predicted molar refractivity (Wildman–Crippen MR) is 58.4 cm³/mol. The topological polar surface area (TPSA) is 62.8 Å². The van der Waals surface area contributed by atoms with E-state index in [1.807, 2.05) is 13.0 Å². The van der Waals surface area contributed by atoms with Crippen molar-refractivity contribution in [1.82, 2.24) is 9.97 Å². The van der Waals surface area contributed by atoms with Crippen molar-refractivity contribution in [2.75, 3.05) is 5.75 Å². The Morgan fingerprint density at radius 1 is 1.40 bits per heavy atom. The molecule has 4 nitrogen and oxygen atoms in total. The molecule has 0 atom stereocenters. The second kappa shape index (κ2) is 3.66. The maximum absolute atomic E-state index is 11.9. The fraction of sp³-hybridized carbons (Fsp3) is 0.300. The van der Waals surface area contributed by atoms with E-state index in [-0.39, 0.29) is 5.75 Å². The molecular formula is C10H12N2O2S. The number of aromatic nitrogens is 2. The Morgan fingerprint density at radius 3 is 2.93 bits per heavy atom. The highest BCUT2D eigenvalue weighted by Gasteiger charge is 2.17. The zero-order valence-electron chi connectivity index (χ0n) is 8.40. The van der Waals surface area contributed by atoms with Crippen molar-refractivity contribution in [3.8, 4) is 0 Å². The van der Waals surface area contributed by atoms with Crippen LogP contribution in [-0.4, -0.2) is 24.1 Å². The van der Waals surface area contributed by atoms with Gasteiger partial charge < -0.3 is 4.98 Å². The van der Waals surface area contributed by atoms with Crippen LogP contribution in [0.25, 0.3) is 11.0 Å². The number of benzene rings is 1. The molecule has 0 bridgehead atoms. The highest BCUT2D eigenvalue weighted by atomic mass is 32.2. The molecule has 0 saturated heterocycles. The first kappa shape index (κ1) is 10.2. The molecule has 1 N–H and O–H groups in total. The van der Waals surface area contributed by atoms with Crippen molar-refractivity contribution in [3.63, 3.8) is 0 Å². The summed E-state index contributed by atoms with van der Waals surface area (Å²) in [4.78, 5) is 7.25. The van der Waals surface area contributed by atoms with Gasteiger partial charge in [-0.25, -0.2) is 13.4 Å². The largest absolute Gasteiger partial charge is 0.345 e. The molecule has 1 aromatic carbocycles. The van der Waals surface area contributed by atoms with E-state index in [9.17, 15) is 8.42 Å². The van der Waals surface area contributed by atoms with E-state index in [1.165, 1.54) is 6.33 Å². The van der Waals surface area contributed by atoms with Crippen LogP contribution in [-0.2, 0) is 9.84 Å². The molecule has 0 aliphatic carbocycles. The Balaban J connectivity index is 2.66. The quantitative estimate of drug-likeness (QED) is 0.863. The van der Waals surface area contributed by atoms with Crippen LogP contribution in [0, 0.1) is 0 Å². The minimum Gasteiger partial charge on any atom is -0.345 e. The lowest BCUT2D eigenvalue weighted by Gasteiger charge is -2.02. The van der Waals surface area contributed by atoms with Gasteiger partial charge in [0.15, 0.2) is 9.84 Å². The van der Waals surface area contributed by atoms with Gasteiger partial charge in [0.1, 0.15) is 5.52 Å².